The molecule has 0 atom stereocenters. The van der Waals surface area contributed by atoms with Gasteiger partial charge in [0.1, 0.15) is 11.1 Å². The summed E-state index contributed by atoms with van der Waals surface area (Å²) in [6, 6.07) is 5.36. The minimum absolute atomic E-state index is 0.0139. The Morgan fingerprint density at radius 2 is 1.00 bits per heavy atom. The second-order valence-corrected chi connectivity index (χ2v) is 6.00. The van der Waals surface area contributed by atoms with E-state index in [4.69, 9.17) is 0 Å². The number of benzene rings is 1. The van der Waals surface area contributed by atoms with E-state index in [9.17, 15) is 40.2 Å². The third kappa shape index (κ3) is 4.97. The van der Waals surface area contributed by atoms with Crippen LogP contribution in [0.1, 0.15) is 20.7 Å². The second-order valence-electron chi connectivity index (χ2n) is 6.00. The lowest BCUT2D eigenvalue weighted by Gasteiger charge is -2.29. The molecule has 0 radical (unpaired) electrons. The summed E-state index contributed by atoms with van der Waals surface area (Å²) in [5.74, 6) is -1.48. The molecule has 1 rings (SSSR count). The first-order valence-electron chi connectivity index (χ1n) is 7.75. The molecule has 0 heterocycles. The molecule has 0 spiro atoms. The maximum absolute atomic E-state index is 12.3. The fourth-order valence-electron chi connectivity index (χ4n) is 1.96. The van der Waals surface area contributed by atoms with Gasteiger partial charge in [0.05, 0.1) is 39.6 Å². The van der Waals surface area contributed by atoms with Gasteiger partial charge < -0.3 is 41.3 Å². The van der Waals surface area contributed by atoms with Crippen molar-refractivity contribution in [3.05, 3.63) is 35.4 Å². The normalized spacial score (nSPS) is 11.9. The first kappa shape index (κ1) is 22.0. The highest BCUT2D eigenvalue weighted by molar-refractivity contribution is 6.00. The number of rotatable bonds is 10. The maximum atomic E-state index is 12.3. The fourth-order valence-corrected chi connectivity index (χ4v) is 1.96. The highest BCUT2D eigenvalue weighted by Crippen LogP contribution is 2.11. The van der Waals surface area contributed by atoms with E-state index in [1.807, 2.05) is 0 Å². The summed E-state index contributed by atoms with van der Waals surface area (Å²) in [6.07, 6.45) is 0. The minimum atomic E-state index is -1.62. The van der Waals surface area contributed by atoms with Gasteiger partial charge in [0.25, 0.3) is 11.8 Å². The molecule has 10 heteroatoms. The van der Waals surface area contributed by atoms with Crippen LogP contribution in [0.3, 0.4) is 0 Å². The first-order valence-corrected chi connectivity index (χ1v) is 7.75. The number of aliphatic hydroxyl groups is 6. The Hall–Kier alpha value is -2.08. The summed E-state index contributed by atoms with van der Waals surface area (Å²) in [4.78, 5) is 24.5. The molecule has 8 N–H and O–H groups in total. The van der Waals surface area contributed by atoms with Gasteiger partial charge in [-0.15, -0.1) is 0 Å². The molecule has 10 nitrogen and oxygen atoms in total. The van der Waals surface area contributed by atoms with Crippen LogP contribution in [0.15, 0.2) is 24.3 Å². The molecule has 26 heavy (non-hydrogen) atoms. The van der Waals surface area contributed by atoms with Crippen molar-refractivity contribution in [3.8, 4) is 0 Å². The van der Waals surface area contributed by atoms with E-state index >= 15 is 0 Å². The quantitative estimate of drug-likeness (QED) is 0.209. The Bertz CT molecular complexity index is 548. The molecule has 0 aromatic heterocycles. The van der Waals surface area contributed by atoms with E-state index in [0.717, 1.165) is 0 Å². The van der Waals surface area contributed by atoms with Gasteiger partial charge in [-0.3, -0.25) is 9.59 Å². The number of carbonyl (C=O) groups is 2. The zero-order valence-corrected chi connectivity index (χ0v) is 14.1. The lowest BCUT2D eigenvalue weighted by molar-refractivity contribution is 0.0372. The van der Waals surface area contributed by atoms with Crippen LogP contribution < -0.4 is 10.6 Å². The summed E-state index contributed by atoms with van der Waals surface area (Å²) in [6.45, 7) is -4.18. The Labute approximate surface area is 149 Å². The van der Waals surface area contributed by atoms with Crippen molar-refractivity contribution >= 4 is 11.8 Å². The Morgan fingerprint density at radius 3 is 1.27 bits per heavy atom. The molecule has 0 aliphatic carbocycles. The van der Waals surface area contributed by atoms with Gasteiger partial charge in [-0.05, 0) is 18.2 Å². The largest absolute Gasteiger partial charge is 0.394 e. The molecule has 146 valence electrons. The summed E-state index contributed by atoms with van der Waals surface area (Å²) >= 11 is 0. The molecule has 0 unspecified atom stereocenters. The number of amides is 2. The summed E-state index contributed by atoms with van der Waals surface area (Å²) in [7, 11) is 0. The highest BCUT2D eigenvalue weighted by Gasteiger charge is 2.32. The van der Waals surface area contributed by atoms with Crippen LogP contribution in [0.25, 0.3) is 0 Å². The minimum Gasteiger partial charge on any atom is -0.394 e. The van der Waals surface area contributed by atoms with Crippen LogP contribution >= 0.6 is 0 Å². The van der Waals surface area contributed by atoms with Crippen LogP contribution in [0.2, 0.25) is 0 Å². The fraction of sp³-hybridized carbons (Fsp3) is 0.500. The van der Waals surface area contributed by atoms with Gasteiger partial charge in [0.15, 0.2) is 0 Å². The van der Waals surface area contributed by atoms with Crippen LogP contribution in [-0.4, -0.2) is 93.2 Å². The second kappa shape index (κ2) is 9.57. The predicted molar refractivity (Wildman–Crippen MR) is 89.4 cm³/mol. The lowest BCUT2D eigenvalue weighted by Crippen LogP contribution is -2.57. The van der Waals surface area contributed by atoms with Gasteiger partial charge in [-0.25, -0.2) is 0 Å². The summed E-state index contributed by atoms with van der Waals surface area (Å²) in [5, 5.41) is 60.1. The SMILES string of the molecule is O=C(NC(CO)(CO)CO)c1cccc(C(=O)NC(CO)(CO)CO)c1. The molecule has 0 saturated heterocycles. The number of aliphatic hydroxyl groups excluding tert-OH is 6. The Kier molecular flexibility index (Phi) is 8.08. The van der Waals surface area contributed by atoms with Crippen LogP contribution in [0.4, 0.5) is 0 Å². The molecule has 0 bridgehead atoms. The van der Waals surface area contributed by atoms with Crippen molar-refractivity contribution in [2.75, 3.05) is 39.6 Å². The van der Waals surface area contributed by atoms with Gasteiger partial charge in [-0.2, -0.15) is 0 Å². The van der Waals surface area contributed by atoms with E-state index in [1.54, 1.807) is 0 Å². The van der Waals surface area contributed by atoms with E-state index in [-0.39, 0.29) is 11.1 Å². The van der Waals surface area contributed by atoms with Gasteiger partial charge in [0.2, 0.25) is 0 Å². The predicted octanol–water partition coefficient (Wildman–Crippen LogP) is -3.42. The van der Waals surface area contributed by atoms with E-state index in [0.29, 0.717) is 0 Å². The summed E-state index contributed by atoms with van der Waals surface area (Å²) < 4.78 is 0. The molecular weight excluding hydrogens is 348 g/mol. The highest BCUT2D eigenvalue weighted by atomic mass is 16.3. The van der Waals surface area contributed by atoms with Crippen LogP contribution in [0, 0.1) is 0 Å². The standard InChI is InChI=1S/C16H24N2O8/c19-5-15(6-20,7-21)17-13(25)11-2-1-3-12(4-11)14(26)18-16(8-22,9-23)10-24/h1-4,19-24H,5-10H2,(H,17,25)(H,18,26). The molecule has 1 aromatic carbocycles. The van der Waals surface area contributed by atoms with Crippen molar-refractivity contribution in [3.63, 3.8) is 0 Å². The van der Waals surface area contributed by atoms with Crippen LogP contribution in [-0.2, 0) is 0 Å². The first-order chi connectivity index (χ1) is 12.3. The molecule has 2 amide bonds. The maximum Gasteiger partial charge on any atom is 0.251 e. The third-order valence-electron chi connectivity index (χ3n) is 3.96. The van der Waals surface area contributed by atoms with Crippen molar-refractivity contribution in [1.82, 2.24) is 10.6 Å². The molecular formula is C16H24N2O8. The topological polar surface area (TPSA) is 180 Å². The van der Waals surface area contributed by atoms with Gasteiger partial charge >= 0.3 is 0 Å². The van der Waals surface area contributed by atoms with E-state index in [1.165, 1.54) is 24.3 Å². The molecule has 0 aliphatic rings. The van der Waals surface area contributed by atoms with Crippen molar-refractivity contribution in [1.29, 1.82) is 0 Å². The van der Waals surface area contributed by atoms with E-state index in [2.05, 4.69) is 10.6 Å². The number of carbonyl (C=O) groups excluding carboxylic acids is 2. The number of nitrogens with one attached hydrogen (secondary N) is 2. The van der Waals surface area contributed by atoms with Crippen molar-refractivity contribution in [2.45, 2.75) is 11.1 Å². The third-order valence-corrected chi connectivity index (χ3v) is 3.96. The summed E-state index contributed by atoms with van der Waals surface area (Å²) in [5.41, 5.74) is -3.20. The van der Waals surface area contributed by atoms with Crippen LogP contribution in [0.5, 0.6) is 0 Å². The monoisotopic (exact) mass is 372 g/mol. The Balaban J connectivity index is 3.00. The molecule has 0 saturated carbocycles. The zero-order valence-electron chi connectivity index (χ0n) is 14.1. The number of hydrogen-bond acceptors (Lipinski definition) is 8. The Morgan fingerprint density at radius 1 is 0.692 bits per heavy atom. The average molecular weight is 372 g/mol. The van der Waals surface area contributed by atoms with Gasteiger partial charge in [-0.1, -0.05) is 6.07 Å². The number of hydrogen-bond donors (Lipinski definition) is 8. The molecule has 0 fully saturated rings. The lowest BCUT2D eigenvalue weighted by atomic mass is 10.0. The van der Waals surface area contributed by atoms with E-state index < -0.39 is 62.5 Å². The zero-order chi connectivity index (χ0) is 19.8. The average Bonchev–Trinajstić information content (AvgIpc) is 2.70. The van der Waals surface area contributed by atoms with Gasteiger partial charge in [0, 0.05) is 11.1 Å². The smallest absolute Gasteiger partial charge is 0.251 e. The van der Waals surface area contributed by atoms with Crippen molar-refractivity contribution in [2.24, 2.45) is 0 Å². The molecule has 0 aliphatic heterocycles. The molecule has 1 aromatic rings. The van der Waals surface area contributed by atoms with Crippen molar-refractivity contribution < 1.29 is 40.2 Å².